The number of aromatic nitrogens is 4. The fraction of sp³-hybridized carbons (Fsp3) is 0.318. The predicted molar refractivity (Wildman–Crippen MR) is 109 cm³/mol. The largest absolute Gasteiger partial charge is 0.379 e. The number of ether oxygens (including phenoxy) is 1. The molecule has 4 aromatic rings. The molecule has 0 N–H and O–H groups in total. The quantitative estimate of drug-likeness (QED) is 0.549. The lowest BCUT2D eigenvalue weighted by molar-refractivity contribution is 0.0336. The van der Waals surface area contributed by atoms with Gasteiger partial charge in [0.25, 0.3) is 0 Å². The van der Waals surface area contributed by atoms with Crippen molar-refractivity contribution >= 4 is 16.6 Å². The van der Waals surface area contributed by atoms with Gasteiger partial charge in [0, 0.05) is 48.0 Å². The molecule has 0 spiro atoms. The van der Waals surface area contributed by atoms with E-state index in [-0.39, 0.29) is 0 Å². The lowest BCUT2D eigenvalue weighted by atomic mass is 10.1. The maximum absolute atomic E-state index is 5.47. The first-order chi connectivity index (χ1) is 13.8. The van der Waals surface area contributed by atoms with E-state index in [9.17, 15) is 0 Å². The van der Waals surface area contributed by atoms with Gasteiger partial charge in [0.2, 0.25) is 0 Å². The van der Waals surface area contributed by atoms with E-state index in [1.807, 2.05) is 35.1 Å². The molecule has 4 heterocycles. The second kappa shape index (κ2) is 7.30. The van der Waals surface area contributed by atoms with Crippen molar-refractivity contribution in [3.63, 3.8) is 0 Å². The van der Waals surface area contributed by atoms with E-state index < -0.39 is 0 Å². The molecule has 1 fully saturated rings. The first-order valence-electron chi connectivity index (χ1n) is 9.83. The summed E-state index contributed by atoms with van der Waals surface area (Å²) < 4.78 is 7.43. The molecule has 6 nitrogen and oxygen atoms in total. The first kappa shape index (κ1) is 17.3. The molecule has 0 atom stereocenters. The van der Waals surface area contributed by atoms with E-state index in [0.29, 0.717) is 0 Å². The minimum Gasteiger partial charge on any atom is -0.379 e. The second-order valence-corrected chi connectivity index (χ2v) is 7.19. The molecule has 5 rings (SSSR count). The summed E-state index contributed by atoms with van der Waals surface area (Å²) in [6.45, 7) is 6.50. The van der Waals surface area contributed by atoms with Gasteiger partial charge in [-0.3, -0.25) is 9.88 Å². The topological polar surface area (TPSA) is 55.5 Å². The summed E-state index contributed by atoms with van der Waals surface area (Å²) in [5, 5.41) is 5.75. The van der Waals surface area contributed by atoms with E-state index >= 15 is 0 Å². The van der Waals surface area contributed by atoms with Crippen LogP contribution in [-0.4, -0.2) is 50.8 Å². The number of pyridine rings is 1. The molecule has 1 aromatic carbocycles. The maximum Gasteiger partial charge on any atom is 0.163 e. The lowest BCUT2D eigenvalue weighted by Crippen LogP contribution is -2.36. The third-order valence-electron chi connectivity index (χ3n) is 5.35. The van der Waals surface area contributed by atoms with Crippen LogP contribution >= 0.6 is 0 Å². The molecular weight excluding hydrogens is 350 g/mol. The average Bonchev–Trinajstić information content (AvgIpc) is 3.17. The molecule has 1 aliphatic rings. The highest BCUT2D eigenvalue weighted by atomic mass is 16.5. The highest BCUT2D eigenvalue weighted by molar-refractivity contribution is 5.86. The molecule has 1 aliphatic heterocycles. The van der Waals surface area contributed by atoms with Crippen LogP contribution in [0.1, 0.15) is 18.3 Å². The number of rotatable bonds is 4. The van der Waals surface area contributed by atoms with E-state index in [4.69, 9.17) is 9.72 Å². The second-order valence-electron chi connectivity index (χ2n) is 7.19. The Kier molecular flexibility index (Phi) is 4.50. The molecule has 0 bridgehead atoms. The van der Waals surface area contributed by atoms with Gasteiger partial charge in [0.05, 0.1) is 30.6 Å². The standard InChI is InChI=1S/C22H23N5O/c1-2-19-12-18(15-26-7-9-28-10-8-26)25-22-20(14-24-27(19)22)17-11-16-5-3-4-6-21(16)23-13-17/h3-6,11-14H,2,7-10,15H2,1H3. The van der Waals surface area contributed by atoms with Crippen molar-refractivity contribution in [3.8, 4) is 11.1 Å². The fourth-order valence-electron chi connectivity index (χ4n) is 3.82. The molecule has 142 valence electrons. The van der Waals surface area contributed by atoms with Crippen LogP contribution in [0.2, 0.25) is 0 Å². The molecule has 28 heavy (non-hydrogen) atoms. The number of fused-ring (bicyclic) bond motifs is 2. The molecule has 0 radical (unpaired) electrons. The van der Waals surface area contributed by atoms with Crippen LogP contribution in [0.5, 0.6) is 0 Å². The van der Waals surface area contributed by atoms with Gasteiger partial charge in [0.1, 0.15) is 0 Å². The third-order valence-corrected chi connectivity index (χ3v) is 5.35. The molecule has 0 unspecified atom stereocenters. The minimum atomic E-state index is 0.795. The number of hydrogen-bond donors (Lipinski definition) is 0. The predicted octanol–water partition coefficient (Wildman–Crippen LogP) is 3.34. The summed E-state index contributed by atoms with van der Waals surface area (Å²) in [5.41, 5.74) is 6.23. The highest BCUT2D eigenvalue weighted by Gasteiger charge is 2.16. The Morgan fingerprint density at radius 2 is 1.93 bits per heavy atom. The van der Waals surface area contributed by atoms with Crippen molar-refractivity contribution in [2.45, 2.75) is 19.9 Å². The van der Waals surface area contributed by atoms with Crippen molar-refractivity contribution in [3.05, 3.63) is 60.2 Å². The Hall–Kier alpha value is -2.83. The molecule has 0 amide bonds. The Morgan fingerprint density at radius 1 is 1.07 bits per heavy atom. The van der Waals surface area contributed by atoms with Gasteiger partial charge < -0.3 is 4.74 Å². The monoisotopic (exact) mass is 373 g/mol. The van der Waals surface area contributed by atoms with Crippen LogP contribution in [-0.2, 0) is 17.7 Å². The van der Waals surface area contributed by atoms with Crippen molar-refractivity contribution in [1.82, 2.24) is 24.5 Å². The van der Waals surface area contributed by atoms with Crippen LogP contribution in [0.3, 0.4) is 0 Å². The SMILES string of the molecule is CCc1cc(CN2CCOCC2)nc2c(-c3cnc4ccccc4c3)cnn12. The van der Waals surface area contributed by atoms with Crippen LogP contribution < -0.4 is 0 Å². The first-order valence-corrected chi connectivity index (χ1v) is 9.83. The van der Waals surface area contributed by atoms with Gasteiger partial charge in [-0.1, -0.05) is 25.1 Å². The van der Waals surface area contributed by atoms with Crippen LogP contribution in [0.4, 0.5) is 0 Å². The van der Waals surface area contributed by atoms with Gasteiger partial charge >= 0.3 is 0 Å². The Bertz CT molecular complexity index is 1130. The lowest BCUT2D eigenvalue weighted by Gasteiger charge is -2.26. The summed E-state index contributed by atoms with van der Waals surface area (Å²) in [4.78, 5) is 12.0. The normalized spacial score (nSPS) is 15.5. The zero-order valence-electron chi connectivity index (χ0n) is 16.0. The van der Waals surface area contributed by atoms with Crippen molar-refractivity contribution in [2.24, 2.45) is 0 Å². The molecular formula is C22H23N5O. The number of hydrogen-bond acceptors (Lipinski definition) is 5. The molecule has 3 aromatic heterocycles. The van der Waals surface area contributed by atoms with E-state index in [2.05, 4.69) is 40.1 Å². The average molecular weight is 373 g/mol. The van der Waals surface area contributed by atoms with Gasteiger partial charge in [0.15, 0.2) is 5.65 Å². The molecule has 6 heteroatoms. The van der Waals surface area contributed by atoms with E-state index in [1.54, 1.807) is 0 Å². The van der Waals surface area contributed by atoms with E-state index in [0.717, 1.165) is 72.6 Å². The number of aryl methyl sites for hydroxylation is 1. The molecule has 0 aliphatic carbocycles. The van der Waals surface area contributed by atoms with Gasteiger partial charge in [-0.15, -0.1) is 0 Å². The van der Waals surface area contributed by atoms with Crippen molar-refractivity contribution < 1.29 is 4.74 Å². The summed E-state index contributed by atoms with van der Waals surface area (Å²) in [7, 11) is 0. The number of para-hydroxylation sites is 1. The fourth-order valence-corrected chi connectivity index (χ4v) is 3.82. The number of morpholine rings is 1. The summed E-state index contributed by atoms with van der Waals surface area (Å²) >= 11 is 0. The van der Waals surface area contributed by atoms with Gasteiger partial charge in [-0.2, -0.15) is 5.10 Å². The molecule has 1 saturated heterocycles. The Balaban J connectivity index is 1.59. The van der Waals surface area contributed by atoms with Crippen molar-refractivity contribution in [2.75, 3.05) is 26.3 Å². The maximum atomic E-state index is 5.47. The number of nitrogens with zero attached hydrogens (tertiary/aromatic N) is 5. The Morgan fingerprint density at radius 3 is 2.79 bits per heavy atom. The van der Waals surface area contributed by atoms with Crippen molar-refractivity contribution in [1.29, 1.82) is 0 Å². The van der Waals surface area contributed by atoms with Gasteiger partial charge in [-0.25, -0.2) is 9.50 Å². The zero-order chi connectivity index (χ0) is 18.9. The van der Waals surface area contributed by atoms with Crippen LogP contribution in [0, 0.1) is 0 Å². The number of benzene rings is 1. The summed E-state index contributed by atoms with van der Waals surface area (Å²) in [5.74, 6) is 0. The zero-order valence-corrected chi connectivity index (χ0v) is 16.0. The van der Waals surface area contributed by atoms with Crippen LogP contribution in [0.15, 0.2) is 48.8 Å². The Labute approximate surface area is 163 Å². The smallest absolute Gasteiger partial charge is 0.163 e. The van der Waals surface area contributed by atoms with Crippen LogP contribution in [0.25, 0.3) is 27.7 Å². The third kappa shape index (κ3) is 3.15. The highest BCUT2D eigenvalue weighted by Crippen LogP contribution is 2.27. The molecule has 0 saturated carbocycles. The minimum absolute atomic E-state index is 0.795. The summed E-state index contributed by atoms with van der Waals surface area (Å²) in [6, 6.07) is 12.5. The van der Waals surface area contributed by atoms with Gasteiger partial charge in [-0.05, 0) is 24.6 Å². The van der Waals surface area contributed by atoms with E-state index in [1.165, 1.54) is 5.69 Å². The summed E-state index contributed by atoms with van der Waals surface area (Å²) in [6.07, 6.45) is 4.74.